The van der Waals surface area contributed by atoms with Gasteiger partial charge in [-0.05, 0) is 24.1 Å². The van der Waals surface area contributed by atoms with Gasteiger partial charge in [-0.15, -0.1) is 6.58 Å². The zero-order valence-electron chi connectivity index (χ0n) is 11.3. The van der Waals surface area contributed by atoms with Gasteiger partial charge in [0.2, 0.25) is 5.91 Å². The summed E-state index contributed by atoms with van der Waals surface area (Å²) >= 11 is 0. The number of rotatable bonds is 6. The third-order valence-corrected chi connectivity index (χ3v) is 3.40. The van der Waals surface area contributed by atoms with Crippen LogP contribution in [0.2, 0.25) is 0 Å². The maximum Gasteiger partial charge on any atom is 0.234 e. The molecular weight excluding hydrogens is 240 g/mol. The molecule has 0 aromatic heterocycles. The predicted molar refractivity (Wildman–Crippen MR) is 75.1 cm³/mol. The van der Waals surface area contributed by atoms with Gasteiger partial charge in [0.25, 0.3) is 0 Å². The number of likely N-dealkylation sites (tertiary alicyclic amines) is 1. The molecule has 1 unspecified atom stereocenters. The summed E-state index contributed by atoms with van der Waals surface area (Å²) < 4.78 is 5.23. The normalized spacial score (nSPS) is 18.5. The molecule has 1 aliphatic heterocycles. The number of carbonyl (C=O) groups excluding carboxylic acids is 1. The van der Waals surface area contributed by atoms with Gasteiger partial charge in [-0.3, -0.25) is 9.69 Å². The molecule has 1 aromatic rings. The van der Waals surface area contributed by atoms with Crippen LogP contribution in [0.3, 0.4) is 0 Å². The maximum atomic E-state index is 11.7. The number of nitrogens with zero attached hydrogens (tertiary/aromatic N) is 1. The van der Waals surface area contributed by atoms with E-state index in [0.29, 0.717) is 19.1 Å². The summed E-state index contributed by atoms with van der Waals surface area (Å²) in [5.74, 6) is 0.910. The zero-order chi connectivity index (χ0) is 13.7. The largest absolute Gasteiger partial charge is 0.497 e. The topological polar surface area (TPSA) is 41.6 Å². The number of ether oxygens (including phenoxy) is 1. The summed E-state index contributed by atoms with van der Waals surface area (Å²) in [6.45, 7) is 5.51. The Bertz CT molecular complexity index is 459. The van der Waals surface area contributed by atoms with Crippen LogP contribution in [-0.2, 0) is 4.79 Å². The smallest absolute Gasteiger partial charge is 0.234 e. The van der Waals surface area contributed by atoms with E-state index in [4.69, 9.17) is 4.74 Å². The Kier molecular flexibility index (Phi) is 4.58. The molecule has 0 bridgehead atoms. The Labute approximate surface area is 114 Å². The lowest BCUT2D eigenvalue weighted by Crippen LogP contribution is -2.46. The maximum absolute atomic E-state index is 11.7. The number of carbonyl (C=O) groups is 1. The first-order valence-electron chi connectivity index (χ1n) is 6.50. The van der Waals surface area contributed by atoms with Gasteiger partial charge in [-0.1, -0.05) is 18.2 Å². The molecular formula is C15H20N2O2. The van der Waals surface area contributed by atoms with E-state index in [-0.39, 0.29) is 5.91 Å². The van der Waals surface area contributed by atoms with Gasteiger partial charge in [-0.25, -0.2) is 0 Å². The van der Waals surface area contributed by atoms with Gasteiger partial charge < -0.3 is 10.1 Å². The van der Waals surface area contributed by atoms with Crippen LogP contribution in [0.1, 0.15) is 18.0 Å². The number of hydrogen-bond donors (Lipinski definition) is 1. The predicted octanol–water partition coefficient (Wildman–Crippen LogP) is 1.74. The van der Waals surface area contributed by atoms with Crippen LogP contribution < -0.4 is 10.1 Å². The van der Waals surface area contributed by atoms with Crippen molar-refractivity contribution in [2.75, 3.05) is 26.7 Å². The molecule has 1 atom stereocenters. The van der Waals surface area contributed by atoms with Crippen molar-refractivity contribution in [2.45, 2.75) is 12.5 Å². The van der Waals surface area contributed by atoms with E-state index in [0.717, 1.165) is 18.7 Å². The average Bonchev–Trinajstić information content (AvgIpc) is 2.41. The van der Waals surface area contributed by atoms with Gasteiger partial charge in [0.15, 0.2) is 0 Å². The molecule has 1 saturated heterocycles. The van der Waals surface area contributed by atoms with Crippen molar-refractivity contribution < 1.29 is 9.53 Å². The Balaban J connectivity index is 1.94. The second-order valence-corrected chi connectivity index (χ2v) is 4.64. The summed E-state index contributed by atoms with van der Waals surface area (Å²) in [5, 5.41) is 2.80. The molecule has 4 heteroatoms. The van der Waals surface area contributed by atoms with Crippen molar-refractivity contribution in [3.63, 3.8) is 0 Å². The van der Waals surface area contributed by atoms with Crippen molar-refractivity contribution in [3.05, 3.63) is 42.5 Å². The summed E-state index contributed by atoms with van der Waals surface area (Å²) in [5.41, 5.74) is 1.21. The number of amides is 1. The Morgan fingerprint density at radius 3 is 3.11 bits per heavy atom. The quantitative estimate of drug-likeness (QED) is 0.792. The van der Waals surface area contributed by atoms with Gasteiger partial charge in [-0.2, -0.15) is 0 Å². The fourth-order valence-electron chi connectivity index (χ4n) is 2.28. The van der Waals surface area contributed by atoms with Crippen LogP contribution in [0.15, 0.2) is 36.9 Å². The molecule has 0 spiro atoms. The molecule has 4 nitrogen and oxygen atoms in total. The molecule has 1 aliphatic rings. The van der Waals surface area contributed by atoms with E-state index in [1.807, 2.05) is 18.2 Å². The lowest BCUT2D eigenvalue weighted by molar-refractivity contribution is -0.124. The van der Waals surface area contributed by atoms with Crippen molar-refractivity contribution >= 4 is 5.91 Å². The van der Waals surface area contributed by atoms with Gasteiger partial charge in [0.1, 0.15) is 5.75 Å². The Morgan fingerprint density at radius 1 is 1.63 bits per heavy atom. The highest BCUT2D eigenvalue weighted by Crippen LogP contribution is 2.34. The molecule has 0 radical (unpaired) electrons. The third-order valence-electron chi connectivity index (χ3n) is 3.40. The van der Waals surface area contributed by atoms with Crippen molar-refractivity contribution in [1.82, 2.24) is 10.2 Å². The van der Waals surface area contributed by atoms with E-state index < -0.39 is 0 Å². The van der Waals surface area contributed by atoms with Crippen LogP contribution in [0, 0.1) is 0 Å². The lowest BCUT2D eigenvalue weighted by atomic mass is 9.94. The van der Waals surface area contributed by atoms with E-state index in [1.54, 1.807) is 13.2 Å². The second-order valence-electron chi connectivity index (χ2n) is 4.64. The molecule has 1 N–H and O–H groups in total. The molecule has 1 amide bonds. The van der Waals surface area contributed by atoms with Gasteiger partial charge in [0, 0.05) is 19.1 Å². The number of hydrogen-bond acceptors (Lipinski definition) is 3. The van der Waals surface area contributed by atoms with Crippen LogP contribution in [0.25, 0.3) is 0 Å². The molecule has 19 heavy (non-hydrogen) atoms. The highest BCUT2D eigenvalue weighted by atomic mass is 16.5. The lowest BCUT2D eigenvalue weighted by Gasteiger charge is -2.40. The standard InChI is InChI=1S/C15H20N2O2/c1-3-8-16-15(18)11-17-9-7-14(17)12-5-4-6-13(10-12)19-2/h3-6,10,14H,1,7-9,11H2,2H3,(H,16,18). The first-order chi connectivity index (χ1) is 9.24. The number of methoxy groups -OCH3 is 1. The van der Waals surface area contributed by atoms with Crippen molar-refractivity contribution in [2.24, 2.45) is 0 Å². The summed E-state index contributed by atoms with van der Waals surface area (Å²) in [4.78, 5) is 13.9. The average molecular weight is 260 g/mol. The zero-order valence-corrected chi connectivity index (χ0v) is 11.3. The fraction of sp³-hybridized carbons (Fsp3) is 0.400. The third kappa shape index (κ3) is 3.35. The Hall–Kier alpha value is -1.81. The first-order valence-corrected chi connectivity index (χ1v) is 6.50. The summed E-state index contributed by atoms with van der Waals surface area (Å²) in [6.07, 6.45) is 2.77. The minimum absolute atomic E-state index is 0.0486. The highest BCUT2D eigenvalue weighted by molar-refractivity contribution is 5.78. The van der Waals surface area contributed by atoms with E-state index >= 15 is 0 Å². The highest BCUT2D eigenvalue weighted by Gasteiger charge is 2.30. The van der Waals surface area contributed by atoms with Gasteiger partial charge in [0.05, 0.1) is 13.7 Å². The second kappa shape index (κ2) is 6.38. The SMILES string of the molecule is C=CCNC(=O)CN1CCC1c1cccc(OC)c1. The van der Waals surface area contributed by atoms with Crippen LogP contribution in [0.5, 0.6) is 5.75 Å². The van der Waals surface area contributed by atoms with E-state index in [9.17, 15) is 4.79 Å². The molecule has 1 aromatic carbocycles. The minimum Gasteiger partial charge on any atom is -0.497 e. The number of nitrogens with one attached hydrogen (secondary N) is 1. The molecule has 1 fully saturated rings. The minimum atomic E-state index is 0.0486. The van der Waals surface area contributed by atoms with E-state index in [1.165, 1.54) is 5.56 Å². The number of benzene rings is 1. The Morgan fingerprint density at radius 2 is 2.47 bits per heavy atom. The van der Waals surface area contributed by atoms with Crippen molar-refractivity contribution in [1.29, 1.82) is 0 Å². The summed E-state index contributed by atoms with van der Waals surface area (Å²) in [6, 6.07) is 8.37. The fourth-order valence-corrected chi connectivity index (χ4v) is 2.28. The summed E-state index contributed by atoms with van der Waals surface area (Å²) in [7, 11) is 1.67. The molecule has 0 saturated carbocycles. The van der Waals surface area contributed by atoms with Crippen molar-refractivity contribution in [3.8, 4) is 5.75 Å². The molecule has 1 heterocycles. The first kappa shape index (κ1) is 13.6. The molecule has 102 valence electrons. The monoisotopic (exact) mass is 260 g/mol. The van der Waals surface area contributed by atoms with Crippen LogP contribution in [0.4, 0.5) is 0 Å². The van der Waals surface area contributed by atoms with E-state index in [2.05, 4.69) is 22.9 Å². The van der Waals surface area contributed by atoms with Crippen LogP contribution >= 0.6 is 0 Å². The molecule has 2 rings (SSSR count). The molecule has 0 aliphatic carbocycles. The van der Waals surface area contributed by atoms with Crippen LogP contribution in [-0.4, -0.2) is 37.6 Å². The van der Waals surface area contributed by atoms with Gasteiger partial charge >= 0.3 is 0 Å².